The van der Waals surface area contributed by atoms with Gasteiger partial charge in [0, 0.05) is 25.0 Å². The zero-order valence-corrected chi connectivity index (χ0v) is 14.9. The number of rotatable bonds is 6. The van der Waals surface area contributed by atoms with E-state index in [0.29, 0.717) is 11.8 Å². The van der Waals surface area contributed by atoms with E-state index in [2.05, 4.69) is 41.7 Å². The highest BCUT2D eigenvalue weighted by Crippen LogP contribution is 2.17. The van der Waals surface area contributed by atoms with Gasteiger partial charge in [-0.3, -0.25) is 0 Å². The monoisotopic (exact) mass is 323 g/mol. The molecule has 5 heteroatoms. The molecule has 1 aliphatic rings. The molecular weight excluding hydrogens is 294 g/mol. The lowest BCUT2D eigenvalue weighted by atomic mass is 9.97. The first-order valence-corrected chi connectivity index (χ1v) is 9.12. The molecule has 1 atom stereocenters. The summed E-state index contributed by atoms with van der Waals surface area (Å²) in [6, 6.07) is 4.31. The van der Waals surface area contributed by atoms with Crippen molar-refractivity contribution >= 4 is 17.4 Å². The summed E-state index contributed by atoms with van der Waals surface area (Å²) >= 11 is 1.79. The van der Waals surface area contributed by atoms with E-state index in [9.17, 15) is 4.79 Å². The quantitative estimate of drug-likeness (QED) is 0.874. The molecule has 1 N–H and O–H groups in total. The van der Waals surface area contributed by atoms with Gasteiger partial charge in [0.25, 0.3) is 0 Å². The maximum Gasteiger partial charge on any atom is 0.317 e. The standard InChI is InChI=1S/C17H29N3OS/c1-14(11-16-5-4-10-22-16)12-18-17(21)20(3)13-15-6-8-19(2)9-7-15/h4-5,10,14-15H,6-9,11-13H2,1-3H3,(H,18,21). The Kier molecular flexibility index (Phi) is 6.70. The molecule has 1 aromatic rings. The molecule has 2 amide bonds. The van der Waals surface area contributed by atoms with Crippen molar-refractivity contribution in [1.82, 2.24) is 15.1 Å². The summed E-state index contributed by atoms with van der Waals surface area (Å²) in [6.45, 7) is 6.11. The van der Waals surface area contributed by atoms with E-state index in [4.69, 9.17) is 0 Å². The summed E-state index contributed by atoms with van der Waals surface area (Å²) < 4.78 is 0. The average molecular weight is 324 g/mol. The van der Waals surface area contributed by atoms with Crippen LogP contribution in [0.15, 0.2) is 17.5 Å². The molecule has 2 heterocycles. The number of carbonyl (C=O) groups excluding carboxylic acids is 1. The molecule has 0 bridgehead atoms. The minimum absolute atomic E-state index is 0.0666. The van der Waals surface area contributed by atoms with E-state index in [-0.39, 0.29) is 6.03 Å². The summed E-state index contributed by atoms with van der Waals surface area (Å²) in [4.78, 5) is 17.8. The zero-order chi connectivity index (χ0) is 15.9. The SMILES string of the molecule is CC(CNC(=O)N(C)CC1CCN(C)CC1)Cc1cccs1. The summed E-state index contributed by atoms with van der Waals surface area (Å²) in [7, 11) is 4.08. The van der Waals surface area contributed by atoms with Crippen molar-refractivity contribution in [1.29, 1.82) is 0 Å². The van der Waals surface area contributed by atoms with Gasteiger partial charge in [-0.15, -0.1) is 11.3 Å². The molecule has 0 radical (unpaired) electrons. The number of nitrogens with zero attached hydrogens (tertiary/aromatic N) is 2. The van der Waals surface area contributed by atoms with Crippen LogP contribution >= 0.6 is 11.3 Å². The number of hydrogen-bond donors (Lipinski definition) is 1. The molecule has 0 aromatic carbocycles. The van der Waals surface area contributed by atoms with Gasteiger partial charge in [0.15, 0.2) is 0 Å². The molecule has 1 saturated heterocycles. The molecule has 0 spiro atoms. The predicted octanol–water partition coefficient (Wildman–Crippen LogP) is 2.91. The zero-order valence-electron chi connectivity index (χ0n) is 14.0. The Morgan fingerprint density at radius 1 is 1.50 bits per heavy atom. The second-order valence-corrected chi connectivity index (χ2v) is 7.73. The molecule has 1 fully saturated rings. The summed E-state index contributed by atoms with van der Waals surface area (Å²) in [5, 5.41) is 5.18. The van der Waals surface area contributed by atoms with E-state index < -0.39 is 0 Å². The second-order valence-electron chi connectivity index (χ2n) is 6.70. The number of piperidine rings is 1. The van der Waals surface area contributed by atoms with Gasteiger partial charge in [-0.2, -0.15) is 0 Å². The molecule has 0 aliphatic carbocycles. The number of hydrogen-bond acceptors (Lipinski definition) is 3. The van der Waals surface area contributed by atoms with E-state index in [0.717, 1.165) is 32.6 Å². The maximum atomic E-state index is 12.2. The van der Waals surface area contributed by atoms with E-state index in [1.165, 1.54) is 17.7 Å². The minimum atomic E-state index is 0.0666. The largest absolute Gasteiger partial charge is 0.338 e. The summed E-state index contributed by atoms with van der Waals surface area (Å²) in [5.41, 5.74) is 0. The van der Waals surface area contributed by atoms with Crippen LogP contribution in [0, 0.1) is 11.8 Å². The summed E-state index contributed by atoms with van der Waals surface area (Å²) in [5.74, 6) is 1.12. The maximum absolute atomic E-state index is 12.2. The van der Waals surface area contributed by atoms with Gasteiger partial charge in [0.05, 0.1) is 0 Å². The van der Waals surface area contributed by atoms with Crippen molar-refractivity contribution < 1.29 is 4.79 Å². The minimum Gasteiger partial charge on any atom is -0.338 e. The van der Waals surface area contributed by atoms with Crippen LogP contribution in [-0.2, 0) is 6.42 Å². The van der Waals surface area contributed by atoms with Gasteiger partial charge < -0.3 is 15.1 Å². The lowest BCUT2D eigenvalue weighted by Crippen LogP contribution is -2.43. The van der Waals surface area contributed by atoms with Gasteiger partial charge in [-0.25, -0.2) is 4.79 Å². The summed E-state index contributed by atoms with van der Waals surface area (Å²) in [6.07, 6.45) is 3.43. The number of thiophene rings is 1. The van der Waals surface area contributed by atoms with E-state index in [1.807, 2.05) is 11.9 Å². The normalized spacial score (nSPS) is 18.1. The fourth-order valence-corrected chi connectivity index (χ4v) is 3.83. The fraction of sp³-hybridized carbons (Fsp3) is 0.706. The first-order valence-electron chi connectivity index (χ1n) is 8.24. The lowest BCUT2D eigenvalue weighted by Gasteiger charge is -2.31. The van der Waals surface area contributed by atoms with Gasteiger partial charge in [0.2, 0.25) is 0 Å². The van der Waals surface area contributed by atoms with Gasteiger partial charge in [0.1, 0.15) is 0 Å². The number of amides is 2. The highest BCUT2D eigenvalue weighted by Gasteiger charge is 2.20. The second kappa shape index (κ2) is 8.53. The van der Waals surface area contributed by atoms with Crippen molar-refractivity contribution in [3.63, 3.8) is 0 Å². The topological polar surface area (TPSA) is 35.6 Å². The van der Waals surface area contributed by atoms with Gasteiger partial charge in [-0.1, -0.05) is 13.0 Å². The van der Waals surface area contributed by atoms with E-state index in [1.54, 1.807) is 11.3 Å². The highest BCUT2D eigenvalue weighted by atomic mass is 32.1. The Labute approximate surface area is 138 Å². The molecule has 1 aliphatic heterocycles. The third kappa shape index (κ3) is 5.61. The molecule has 124 valence electrons. The van der Waals surface area contributed by atoms with Crippen LogP contribution in [0.5, 0.6) is 0 Å². The third-order valence-corrected chi connectivity index (χ3v) is 5.35. The predicted molar refractivity (Wildman–Crippen MR) is 93.4 cm³/mol. The van der Waals surface area contributed by atoms with Gasteiger partial charge >= 0.3 is 6.03 Å². The van der Waals surface area contributed by atoms with Crippen LogP contribution in [0.3, 0.4) is 0 Å². The number of carbonyl (C=O) groups is 1. The molecule has 2 rings (SSSR count). The van der Waals surface area contributed by atoms with Crippen molar-refractivity contribution in [3.8, 4) is 0 Å². The van der Waals surface area contributed by atoms with E-state index >= 15 is 0 Å². The van der Waals surface area contributed by atoms with Crippen molar-refractivity contribution in [2.24, 2.45) is 11.8 Å². The Bertz CT molecular complexity index is 441. The van der Waals surface area contributed by atoms with Gasteiger partial charge in [-0.05, 0) is 62.7 Å². The van der Waals surface area contributed by atoms with Crippen LogP contribution in [0.1, 0.15) is 24.6 Å². The number of likely N-dealkylation sites (tertiary alicyclic amines) is 1. The molecule has 22 heavy (non-hydrogen) atoms. The van der Waals surface area contributed by atoms with Crippen LogP contribution < -0.4 is 5.32 Å². The van der Waals surface area contributed by atoms with Crippen LogP contribution in [0.25, 0.3) is 0 Å². The van der Waals surface area contributed by atoms with Crippen molar-refractivity contribution in [2.45, 2.75) is 26.2 Å². The molecule has 1 aromatic heterocycles. The number of urea groups is 1. The lowest BCUT2D eigenvalue weighted by molar-refractivity contribution is 0.169. The molecule has 4 nitrogen and oxygen atoms in total. The molecule has 1 unspecified atom stereocenters. The number of nitrogens with one attached hydrogen (secondary N) is 1. The first kappa shape index (κ1) is 17.3. The van der Waals surface area contributed by atoms with Crippen molar-refractivity contribution in [2.75, 3.05) is 40.3 Å². The van der Waals surface area contributed by atoms with Crippen LogP contribution in [0.2, 0.25) is 0 Å². The molecular formula is C17H29N3OS. The Morgan fingerprint density at radius 3 is 2.86 bits per heavy atom. The Morgan fingerprint density at radius 2 is 2.23 bits per heavy atom. The average Bonchev–Trinajstić information content (AvgIpc) is 3.00. The fourth-order valence-electron chi connectivity index (χ4n) is 2.96. The highest BCUT2D eigenvalue weighted by molar-refractivity contribution is 7.09. The molecule has 0 saturated carbocycles. The van der Waals surface area contributed by atoms with Crippen LogP contribution in [0.4, 0.5) is 4.79 Å². The Hall–Kier alpha value is -1.07. The third-order valence-electron chi connectivity index (χ3n) is 4.45. The van der Waals surface area contributed by atoms with Crippen molar-refractivity contribution in [3.05, 3.63) is 22.4 Å². The smallest absolute Gasteiger partial charge is 0.317 e. The van der Waals surface area contributed by atoms with Crippen LogP contribution in [-0.4, -0.2) is 56.1 Å². The Balaban J connectivity index is 1.65. The first-order chi connectivity index (χ1) is 10.5.